The molecule has 98 valence electrons. The summed E-state index contributed by atoms with van der Waals surface area (Å²) < 4.78 is 0. The van der Waals surface area contributed by atoms with Crippen molar-refractivity contribution < 1.29 is 4.79 Å². The highest BCUT2D eigenvalue weighted by Crippen LogP contribution is 2.07. The van der Waals surface area contributed by atoms with E-state index >= 15 is 0 Å². The fourth-order valence-electron chi connectivity index (χ4n) is 2.21. The lowest BCUT2D eigenvalue weighted by Crippen LogP contribution is -2.39. The summed E-state index contributed by atoms with van der Waals surface area (Å²) >= 11 is 0. The van der Waals surface area contributed by atoms with E-state index in [0.29, 0.717) is 11.6 Å². The molecule has 1 fully saturated rings. The van der Waals surface area contributed by atoms with Gasteiger partial charge in [-0.15, -0.1) is 0 Å². The first kappa shape index (κ1) is 13.1. The van der Waals surface area contributed by atoms with Gasteiger partial charge in [0.25, 0.3) is 5.91 Å². The Morgan fingerprint density at radius 3 is 2.56 bits per heavy atom. The van der Waals surface area contributed by atoms with Crippen LogP contribution >= 0.6 is 0 Å². The molecule has 4 nitrogen and oxygen atoms in total. The predicted octanol–water partition coefficient (Wildman–Crippen LogP) is 0.888. The Balaban J connectivity index is 1.84. The van der Waals surface area contributed by atoms with Crippen LogP contribution < -0.4 is 16.0 Å². The third-order valence-electron chi connectivity index (χ3n) is 3.38. The second kappa shape index (κ2) is 6.52. The molecule has 1 amide bonds. The number of amides is 1. The van der Waals surface area contributed by atoms with E-state index in [-0.39, 0.29) is 5.91 Å². The Hall–Kier alpha value is -1.39. The minimum absolute atomic E-state index is 0.0344. The zero-order valence-corrected chi connectivity index (χ0v) is 10.8. The van der Waals surface area contributed by atoms with Crippen LogP contribution in [0.2, 0.25) is 0 Å². The van der Waals surface area contributed by atoms with Crippen molar-refractivity contribution in [3.8, 4) is 0 Å². The maximum atomic E-state index is 11.4. The number of nitrogens with one attached hydrogen (secondary N) is 3. The second-order valence-corrected chi connectivity index (χ2v) is 4.68. The van der Waals surface area contributed by atoms with Gasteiger partial charge in [0.1, 0.15) is 0 Å². The van der Waals surface area contributed by atoms with E-state index in [1.54, 1.807) is 7.05 Å². The Morgan fingerprint density at radius 1 is 1.28 bits per heavy atom. The van der Waals surface area contributed by atoms with Crippen molar-refractivity contribution in [1.29, 1.82) is 0 Å². The van der Waals surface area contributed by atoms with Gasteiger partial charge >= 0.3 is 0 Å². The van der Waals surface area contributed by atoms with Crippen LogP contribution in [0.5, 0.6) is 0 Å². The van der Waals surface area contributed by atoms with E-state index in [0.717, 1.165) is 19.6 Å². The third kappa shape index (κ3) is 3.55. The fourth-order valence-corrected chi connectivity index (χ4v) is 2.21. The molecule has 0 aromatic heterocycles. The normalized spacial score (nSPS) is 16.5. The van der Waals surface area contributed by atoms with Gasteiger partial charge in [0.2, 0.25) is 0 Å². The van der Waals surface area contributed by atoms with Gasteiger partial charge in [-0.2, -0.15) is 0 Å². The van der Waals surface area contributed by atoms with Crippen molar-refractivity contribution in [2.45, 2.75) is 25.4 Å². The quantitative estimate of drug-likeness (QED) is 0.740. The maximum Gasteiger partial charge on any atom is 0.251 e. The molecule has 18 heavy (non-hydrogen) atoms. The van der Waals surface area contributed by atoms with Gasteiger partial charge in [0.15, 0.2) is 0 Å². The number of carbonyl (C=O) groups excluding carboxylic acids is 1. The Morgan fingerprint density at radius 2 is 1.94 bits per heavy atom. The van der Waals surface area contributed by atoms with E-state index in [1.165, 1.54) is 18.4 Å². The van der Waals surface area contributed by atoms with Gasteiger partial charge in [-0.25, -0.2) is 0 Å². The number of benzene rings is 1. The van der Waals surface area contributed by atoms with Crippen molar-refractivity contribution in [2.24, 2.45) is 0 Å². The van der Waals surface area contributed by atoms with Gasteiger partial charge in [-0.05, 0) is 43.6 Å². The summed E-state index contributed by atoms with van der Waals surface area (Å²) in [6.45, 7) is 3.08. The molecule has 1 aromatic carbocycles. The lowest BCUT2D eigenvalue weighted by molar-refractivity contribution is 0.0963. The smallest absolute Gasteiger partial charge is 0.251 e. The lowest BCUT2D eigenvalue weighted by Gasteiger charge is -2.23. The Bertz CT molecular complexity index is 383. The molecule has 0 radical (unpaired) electrons. The standard InChI is InChI=1S/C14H21N3O/c1-15-14(18)12-4-2-11(3-5-12)10-17-13-6-8-16-9-7-13/h2-5,13,16-17H,6-10H2,1H3,(H,15,18). The summed E-state index contributed by atoms with van der Waals surface area (Å²) in [7, 11) is 1.65. The average Bonchev–Trinajstić information content (AvgIpc) is 2.46. The first-order valence-corrected chi connectivity index (χ1v) is 6.54. The minimum atomic E-state index is -0.0344. The van der Waals surface area contributed by atoms with Crippen molar-refractivity contribution >= 4 is 5.91 Å². The minimum Gasteiger partial charge on any atom is -0.355 e. The van der Waals surface area contributed by atoms with Crippen LogP contribution in [-0.2, 0) is 6.54 Å². The first-order valence-electron chi connectivity index (χ1n) is 6.54. The van der Waals surface area contributed by atoms with Crippen molar-refractivity contribution in [2.75, 3.05) is 20.1 Å². The van der Waals surface area contributed by atoms with Gasteiger partial charge in [0, 0.05) is 25.2 Å². The van der Waals surface area contributed by atoms with Crippen LogP contribution in [0.3, 0.4) is 0 Å². The highest BCUT2D eigenvalue weighted by molar-refractivity contribution is 5.93. The number of hydrogen-bond acceptors (Lipinski definition) is 3. The van der Waals surface area contributed by atoms with Gasteiger partial charge in [0.05, 0.1) is 0 Å². The van der Waals surface area contributed by atoms with Crippen molar-refractivity contribution in [1.82, 2.24) is 16.0 Å². The molecule has 2 rings (SSSR count). The molecule has 0 aliphatic carbocycles. The zero-order chi connectivity index (χ0) is 12.8. The molecule has 1 aliphatic rings. The van der Waals surface area contributed by atoms with Crippen LogP contribution in [0.1, 0.15) is 28.8 Å². The lowest BCUT2D eigenvalue weighted by atomic mass is 10.1. The first-order chi connectivity index (χ1) is 8.79. The van der Waals surface area contributed by atoms with E-state index in [4.69, 9.17) is 0 Å². The molecule has 1 heterocycles. The number of hydrogen-bond donors (Lipinski definition) is 3. The van der Waals surface area contributed by atoms with Crippen molar-refractivity contribution in [3.05, 3.63) is 35.4 Å². The molecule has 3 N–H and O–H groups in total. The van der Waals surface area contributed by atoms with Crippen LogP contribution in [0.25, 0.3) is 0 Å². The van der Waals surface area contributed by atoms with E-state index in [2.05, 4.69) is 16.0 Å². The van der Waals surface area contributed by atoms with Crippen LogP contribution in [0.4, 0.5) is 0 Å². The summed E-state index contributed by atoms with van der Waals surface area (Å²) in [4.78, 5) is 11.4. The molecule has 0 atom stereocenters. The molecule has 0 spiro atoms. The summed E-state index contributed by atoms with van der Waals surface area (Å²) in [5.74, 6) is -0.0344. The summed E-state index contributed by atoms with van der Waals surface area (Å²) in [6.07, 6.45) is 2.38. The molecule has 4 heteroatoms. The van der Waals surface area contributed by atoms with E-state index in [9.17, 15) is 4.79 Å². The summed E-state index contributed by atoms with van der Waals surface area (Å²) in [5.41, 5.74) is 1.93. The molecule has 0 saturated carbocycles. The fraction of sp³-hybridized carbons (Fsp3) is 0.500. The van der Waals surface area contributed by atoms with Gasteiger partial charge in [-0.1, -0.05) is 12.1 Å². The number of carbonyl (C=O) groups is 1. The largest absolute Gasteiger partial charge is 0.355 e. The topological polar surface area (TPSA) is 53.2 Å². The van der Waals surface area contributed by atoms with Crippen molar-refractivity contribution in [3.63, 3.8) is 0 Å². The molecule has 1 aromatic rings. The maximum absolute atomic E-state index is 11.4. The molecular formula is C14H21N3O. The Labute approximate surface area is 108 Å². The summed E-state index contributed by atoms with van der Waals surface area (Å²) in [6, 6.07) is 8.39. The highest BCUT2D eigenvalue weighted by Gasteiger charge is 2.11. The molecule has 1 saturated heterocycles. The average molecular weight is 247 g/mol. The van der Waals surface area contributed by atoms with E-state index < -0.39 is 0 Å². The zero-order valence-electron chi connectivity index (χ0n) is 10.8. The highest BCUT2D eigenvalue weighted by atomic mass is 16.1. The number of piperidine rings is 1. The SMILES string of the molecule is CNC(=O)c1ccc(CNC2CCNCC2)cc1. The van der Waals surface area contributed by atoms with E-state index in [1.807, 2.05) is 24.3 Å². The molecule has 1 aliphatic heterocycles. The number of rotatable bonds is 4. The van der Waals surface area contributed by atoms with Crippen LogP contribution in [0.15, 0.2) is 24.3 Å². The monoisotopic (exact) mass is 247 g/mol. The van der Waals surface area contributed by atoms with Gasteiger partial charge in [-0.3, -0.25) is 4.79 Å². The molecule has 0 bridgehead atoms. The van der Waals surface area contributed by atoms with Gasteiger partial charge < -0.3 is 16.0 Å². The second-order valence-electron chi connectivity index (χ2n) is 4.68. The molecule has 0 unspecified atom stereocenters. The molecular weight excluding hydrogens is 226 g/mol. The third-order valence-corrected chi connectivity index (χ3v) is 3.38. The van der Waals surface area contributed by atoms with Crippen LogP contribution in [-0.4, -0.2) is 32.1 Å². The summed E-state index contributed by atoms with van der Waals surface area (Å²) in [5, 5.41) is 9.54. The Kier molecular flexibility index (Phi) is 4.73. The predicted molar refractivity (Wildman–Crippen MR) is 72.6 cm³/mol. The van der Waals surface area contributed by atoms with Crippen LogP contribution in [0, 0.1) is 0 Å².